The number of thioether (sulfide) groups is 1. The van der Waals surface area contributed by atoms with Gasteiger partial charge in [0, 0.05) is 6.42 Å². The zero-order valence-corrected chi connectivity index (χ0v) is 28.7. The number of ether oxygens (including phenoxy) is 2. The van der Waals surface area contributed by atoms with Gasteiger partial charge in [-0.2, -0.15) is 11.8 Å². The third-order valence-electron chi connectivity index (χ3n) is 7.82. The molecular weight excluding hydrogens is 690 g/mol. The van der Waals surface area contributed by atoms with Gasteiger partial charge < -0.3 is 62.0 Å². The van der Waals surface area contributed by atoms with E-state index in [1.54, 1.807) is 48.7 Å². The van der Waals surface area contributed by atoms with E-state index in [0.717, 1.165) is 0 Å². The van der Waals surface area contributed by atoms with Gasteiger partial charge in [-0.05, 0) is 48.1 Å². The van der Waals surface area contributed by atoms with Crippen LogP contribution in [0.4, 0.5) is 0 Å². The highest BCUT2D eigenvalue weighted by Gasteiger charge is 2.43. The molecule has 1 aliphatic heterocycles. The van der Waals surface area contributed by atoms with E-state index in [1.165, 1.54) is 23.9 Å². The SMILES string of the molecule is CSCC[C@H](NC(=O)[C@H](Cc1ccccc1)NC(=O)CNC(=O)CNC(=O)[C@@H](N)Cc1ccc(O)cc1)C(=O)OC[C@H]1O[C@H](O)[C@H](O)[C@@H](O)[C@@H]1O. The number of amides is 4. The lowest BCUT2D eigenvalue weighted by Gasteiger charge is -2.38. The van der Waals surface area contributed by atoms with Crippen molar-refractivity contribution in [2.75, 3.05) is 31.7 Å². The second-order valence-corrected chi connectivity index (χ2v) is 12.8. The lowest BCUT2D eigenvalue weighted by Crippen LogP contribution is -2.59. The number of hydrogen-bond acceptors (Lipinski definition) is 14. The first-order valence-corrected chi connectivity index (χ1v) is 17.4. The molecule has 0 radical (unpaired) electrons. The number of aliphatic hydroxyl groups excluding tert-OH is 4. The van der Waals surface area contributed by atoms with Gasteiger partial charge in [0.1, 0.15) is 48.9 Å². The molecule has 2 aromatic rings. The van der Waals surface area contributed by atoms with E-state index in [-0.39, 0.29) is 25.0 Å². The van der Waals surface area contributed by atoms with E-state index >= 15 is 0 Å². The predicted molar refractivity (Wildman–Crippen MR) is 183 cm³/mol. The Labute approximate surface area is 298 Å². The number of carbonyl (C=O) groups excluding carboxylic acids is 5. The van der Waals surface area contributed by atoms with Crippen molar-refractivity contribution < 1.29 is 59.0 Å². The van der Waals surface area contributed by atoms with Crippen LogP contribution >= 0.6 is 11.8 Å². The molecule has 17 nitrogen and oxygen atoms in total. The highest BCUT2D eigenvalue weighted by Crippen LogP contribution is 2.20. The Morgan fingerprint density at radius 1 is 0.804 bits per heavy atom. The second kappa shape index (κ2) is 20.5. The fraction of sp³-hybridized carbons (Fsp3) is 0.485. The molecule has 1 saturated heterocycles. The number of nitrogens with two attached hydrogens (primary N) is 1. The van der Waals surface area contributed by atoms with Gasteiger partial charge >= 0.3 is 5.97 Å². The molecule has 18 heteroatoms. The lowest BCUT2D eigenvalue weighted by molar-refractivity contribution is -0.287. The second-order valence-electron chi connectivity index (χ2n) is 11.8. The number of esters is 1. The van der Waals surface area contributed by atoms with Crippen LogP contribution in [0.3, 0.4) is 0 Å². The van der Waals surface area contributed by atoms with Crippen LogP contribution < -0.4 is 27.0 Å². The Hall–Kier alpha value is -4.30. The van der Waals surface area contributed by atoms with Crippen molar-refractivity contribution in [1.29, 1.82) is 0 Å². The molecule has 1 aliphatic rings. The maximum atomic E-state index is 13.5. The average Bonchev–Trinajstić information content (AvgIpc) is 3.12. The van der Waals surface area contributed by atoms with Crippen LogP contribution in [0.15, 0.2) is 54.6 Å². The molecule has 2 aromatic carbocycles. The third-order valence-corrected chi connectivity index (χ3v) is 8.46. The summed E-state index contributed by atoms with van der Waals surface area (Å²) in [6, 6.07) is 11.5. The van der Waals surface area contributed by atoms with Crippen molar-refractivity contribution >= 4 is 41.4 Å². The molecular formula is C33H45N5O12S. The summed E-state index contributed by atoms with van der Waals surface area (Å²) in [6.45, 7) is -1.62. The number of hydrogen-bond donors (Lipinski definition) is 10. The molecule has 0 aromatic heterocycles. The van der Waals surface area contributed by atoms with Crippen molar-refractivity contribution in [2.24, 2.45) is 5.73 Å². The molecule has 280 valence electrons. The molecule has 0 saturated carbocycles. The summed E-state index contributed by atoms with van der Waals surface area (Å²) in [4.78, 5) is 64.2. The minimum absolute atomic E-state index is 0.0197. The van der Waals surface area contributed by atoms with E-state index < -0.39 is 98.1 Å². The van der Waals surface area contributed by atoms with Crippen molar-refractivity contribution in [3.05, 3.63) is 65.7 Å². The molecule has 8 atom stereocenters. The van der Waals surface area contributed by atoms with Gasteiger partial charge in [-0.15, -0.1) is 0 Å². The zero-order valence-electron chi connectivity index (χ0n) is 27.8. The Bertz CT molecular complexity index is 1450. The Balaban J connectivity index is 1.56. The molecule has 0 aliphatic carbocycles. The minimum atomic E-state index is -1.83. The predicted octanol–water partition coefficient (Wildman–Crippen LogP) is -3.20. The standard InChI is InChI=1S/C33H45N5O12S/c1-51-12-11-22(32(47)49-17-24-27(42)28(43)29(44)33(48)50-24)38-31(46)23(14-18-5-3-2-4-6-18)37-26(41)16-35-25(40)15-36-30(45)21(34)13-19-7-9-20(39)10-8-19/h2-10,21-24,27-29,33,39,42-44,48H,11-17,34H2,1H3,(H,35,40)(H,36,45)(H,37,41)(H,38,46)/t21-,22-,23-,24+,27+,28-,29+,33-/m0/s1. The van der Waals surface area contributed by atoms with Crippen LogP contribution in [0.5, 0.6) is 5.75 Å². The average molecular weight is 736 g/mol. The molecule has 11 N–H and O–H groups in total. The van der Waals surface area contributed by atoms with Crippen LogP contribution in [0.25, 0.3) is 0 Å². The van der Waals surface area contributed by atoms with E-state index in [0.29, 0.717) is 16.9 Å². The molecule has 51 heavy (non-hydrogen) atoms. The van der Waals surface area contributed by atoms with Crippen molar-refractivity contribution in [1.82, 2.24) is 21.3 Å². The van der Waals surface area contributed by atoms with Crippen molar-refractivity contribution in [3.63, 3.8) is 0 Å². The molecule has 4 amide bonds. The summed E-state index contributed by atoms with van der Waals surface area (Å²) < 4.78 is 10.3. The van der Waals surface area contributed by atoms with E-state index in [4.69, 9.17) is 15.2 Å². The highest BCUT2D eigenvalue weighted by atomic mass is 32.2. The third kappa shape index (κ3) is 13.4. The smallest absolute Gasteiger partial charge is 0.328 e. The van der Waals surface area contributed by atoms with E-state index in [2.05, 4.69) is 21.3 Å². The van der Waals surface area contributed by atoms with Crippen LogP contribution in [0, 0.1) is 0 Å². The maximum absolute atomic E-state index is 13.5. The van der Waals surface area contributed by atoms with Crippen LogP contribution in [-0.2, 0) is 46.3 Å². The summed E-state index contributed by atoms with van der Waals surface area (Å²) in [5, 5.41) is 58.8. The number of carbonyl (C=O) groups is 5. The summed E-state index contributed by atoms with van der Waals surface area (Å²) in [6.07, 6.45) is -6.30. The van der Waals surface area contributed by atoms with Gasteiger partial charge in [-0.3, -0.25) is 19.2 Å². The number of phenols is 1. The van der Waals surface area contributed by atoms with Gasteiger partial charge in [0.05, 0.1) is 19.1 Å². The number of aromatic hydroxyl groups is 1. The Morgan fingerprint density at radius 3 is 2.12 bits per heavy atom. The topological polar surface area (TPSA) is 279 Å². The van der Waals surface area contributed by atoms with E-state index in [1.807, 2.05) is 0 Å². The quantitative estimate of drug-likeness (QED) is 0.0676. The Morgan fingerprint density at radius 2 is 1.45 bits per heavy atom. The molecule has 3 rings (SSSR count). The number of benzene rings is 2. The van der Waals surface area contributed by atoms with E-state index in [9.17, 15) is 49.5 Å². The first-order valence-electron chi connectivity index (χ1n) is 16.0. The summed E-state index contributed by atoms with van der Waals surface area (Å²) in [7, 11) is 0. The first-order chi connectivity index (χ1) is 24.3. The van der Waals surface area contributed by atoms with Crippen LogP contribution in [-0.4, -0.2) is 136 Å². The zero-order chi connectivity index (χ0) is 37.5. The Kier molecular flexibility index (Phi) is 16.6. The lowest BCUT2D eigenvalue weighted by atomic mass is 9.99. The number of nitrogens with one attached hydrogen (secondary N) is 4. The van der Waals surface area contributed by atoms with Crippen molar-refractivity contribution in [3.8, 4) is 5.75 Å². The summed E-state index contributed by atoms with van der Waals surface area (Å²) in [5.41, 5.74) is 7.30. The number of aliphatic hydroxyl groups is 4. The highest BCUT2D eigenvalue weighted by molar-refractivity contribution is 7.98. The van der Waals surface area contributed by atoms with Gasteiger partial charge in [0.15, 0.2) is 6.29 Å². The molecule has 1 heterocycles. The van der Waals surface area contributed by atoms with Gasteiger partial charge in [-0.25, -0.2) is 4.79 Å². The summed E-state index contributed by atoms with van der Waals surface area (Å²) in [5.74, 6) is -3.19. The molecule has 0 spiro atoms. The van der Waals surface area contributed by atoms with Crippen molar-refractivity contribution in [2.45, 2.75) is 68.1 Å². The molecule has 0 unspecified atom stereocenters. The fourth-order valence-corrected chi connectivity index (χ4v) is 5.38. The van der Waals surface area contributed by atoms with Gasteiger partial charge in [0.2, 0.25) is 23.6 Å². The maximum Gasteiger partial charge on any atom is 0.328 e. The van der Waals surface area contributed by atoms with Crippen LogP contribution in [0.1, 0.15) is 17.5 Å². The number of rotatable bonds is 18. The van der Waals surface area contributed by atoms with Gasteiger partial charge in [-0.1, -0.05) is 42.5 Å². The number of phenolic OH excluding ortho intramolecular Hbond substituents is 1. The van der Waals surface area contributed by atoms with Crippen LogP contribution in [0.2, 0.25) is 0 Å². The largest absolute Gasteiger partial charge is 0.508 e. The molecule has 0 bridgehead atoms. The van der Waals surface area contributed by atoms with Gasteiger partial charge in [0.25, 0.3) is 0 Å². The normalized spacial score (nSPS) is 21.7. The minimum Gasteiger partial charge on any atom is -0.508 e. The first kappa shape index (κ1) is 41.1. The monoisotopic (exact) mass is 735 g/mol. The molecule has 1 fully saturated rings. The summed E-state index contributed by atoms with van der Waals surface area (Å²) >= 11 is 1.39. The fourth-order valence-electron chi connectivity index (χ4n) is 4.91.